The van der Waals surface area contributed by atoms with Crippen molar-refractivity contribution in [2.75, 3.05) is 0 Å². The van der Waals surface area contributed by atoms with Gasteiger partial charge in [0, 0.05) is 29.6 Å². The largest absolute Gasteiger partial charge is 0.508 e. The summed E-state index contributed by atoms with van der Waals surface area (Å²) < 4.78 is 5.05. The topological polar surface area (TPSA) is 66.8 Å². The second-order valence-corrected chi connectivity index (χ2v) is 4.20. The van der Waals surface area contributed by atoms with E-state index >= 15 is 0 Å². The van der Waals surface area contributed by atoms with Crippen molar-refractivity contribution in [3.8, 4) is 11.5 Å². The third-order valence-corrected chi connectivity index (χ3v) is 1.60. The zero-order valence-electron chi connectivity index (χ0n) is 9.94. The number of ether oxygens (including phenoxy) is 1. The Morgan fingerprint density at radius 2 is 1.81 bits per heavy atom. The average molecular weight is 233 g/mol. The fourth-order valence-electron chi connectivity index (χ4n) is 1.02. The average Bonchev–Trinajstić information content (AvgIpc) is 2.06. The maximum absolute atomic E-state index is 11.5. The van der Waals surface area contributed by atoms with E-state index in [9.17, 15) is 9.90 Å². The minimum Gasteiger partial charge on any atom is -0.508 e. The van der Waals surface area contributed by atoms with Crippen molar-refractivity contribution in [1.29, 1.82) is 0 Å². The summed E-state index contributed by atoms with van der Waals surface area (Å²) in [6.45, 7) is 5.18. The van der Waals surface area contributed by atoms with Crippen molar-refractivity contribution in [3.63, 3.8) is 0 Å². The van der Waals surface area contributed by atoms with E-state index in [1.54, 1.807) is 20.8 Å². The van der Waals surface area contributed by atoms with Gasteiger partial charge in [0.25, 0.3) is 0 Å². The standard InChI is InChI=1S/C11H14O4.Na/c1-11(2,3)15-10(14)8-6-7(12)4-5-9(8)13;/h4-6,12-13H,1-3H3;. The molecule has 4 nitrogen and oxygen atoms in total. The predicted octanol–water partition coefficient (Wildman–Crippen LogP) is 1.67. The van der Waals surface area contributed by atoms with Gasteiger partial charge in [0.1, 0.15) is 22.7 Å². The van der Waals surface area contributed by atoms with Crippen molar-refractivity contribution in [1.82, 2.24) is 0 Å². The SMILES string of the molecule is CC(C)(C)OC(=O)c1cc(O)ccc1O.[Na]. The Morgan fingerprint density at radius 3 is 2.31 bits per heavy atom. The summed E-state index contributed by atoms with van der Waals surface area (Å²) >= 11 is 0. The maximum Gasteiger partial charge on any atom is 0.342 e. The van der Waals surface area contributed by atoms with Gasteiger partial charge in [-0.25, -0.2) is 4.79 Å². The minimum atomic E-state index is -0.657. The Labute approximate surface area is 117 Å². The molecule has 0 fully saturated rings. The summed E-state index contributed by atoms with van der Waals surface area (Å²) in [7, 11) is 0. The maximum atomic E-state index is 11.5. The van der Waals surface area contributed by atoms with E-state index in [1.807, 2.05) is 0 Å². The molecule has 0 aliphatic rings. The second-order valence-electron chi connectivity index (χ2n) is 4.20. The molecule has 1 radical (unpaired) electrons. The second kappa shape index (κ2) is 5.57. The predicted molar refractivity (Wildman–Crippen MR) is 60.7 cm³/mol. The van der Waals surface area contributed by atoms with Crippen LogP contribution >= 0.6 is 0 Å². The molecule has 1 aromatic carbocycles. The third kappa shape index (κ3) is 4.43. The van der Waals surface area contributed by atoms with Crippen LogP contribution in [0.5, 0.6) is 11.5 Å². The summed E-state index contributed by atoms with van der Waals surface area (Å²) in [6, 6.07) is 3.71. The molecule has 0 amide bonds. The molecular formula is C11H14NaO4. The van der Waals surface area contributed by atoms with E-state index < -0.39 is 11.6 Å². The Balaban J connectivity index is 0.00000225. The first-order valence-electron chi connectivity index (χ1n) is 4.55. The molecule has 0 heterocycles. The van der Waals surface area contributed by atoms with Gasteiger partial charge in [-0.05, 0) is 39.0 Å². The first-order valence-corrected chi connectivity index (χ1v) is 4.55. The number of aromatic hydroxyl groups is 2. The van der Waals surface area contributed by atoms with Crippen LogP contribution in [-0.2, 0) is 4.74 Å². The van der Waals surface area contributed by atoms with E-state index in [0.29, 0.717) is 0 Å². The molecule has 83 valence electrons. The first kappa shape index (κ1) is 15.3. The van der Waals surface area contributed by atoms with Crippen molar-refractivity contribution in [2.45, 2.75) is 26.4 Å². The Bertz CT molecular complexity index is 382. The number of carbonyl (C=O) groups excluding carboxylic acids is 1. The summed E-state index contributed by atoms with van der Waals surface area (Å²) in [6.07, 6.45) is 0. The normalized spacial score (nSPS) is 10.4. The Hall–Kier alpha value is -0.710. The van der Waals surface area contributed by atoms with Gasteiger partial charge < -0.3 is 14.9 Å². The van der Waals surface area contributed by atoms with Gasteiger partial charge in [0.2, 0.25) is 0 Å². The van der Waals surface area contributed by atoms with Crippen molar-refractivity contribution in [3.05, 3.63) is 23.8 Å². The van der Waals surface area contributed by atoms with Gasteiger partial charge in [-0.15, -0.1) is 0 Å². The number of hydrogen-bond donors (Lipinski definition) is 2. The molecule has 1 aromatic rings. The van der Waals surface area contributed by atoms with E-state index in [1.165, 1.54) is 18.2 Å². The van der Waals surface area contributed by atoms with Crippen molar-refractivity contribution in [2.24, 2.45) is 0 Å². The fourth-order valence-corrected chi connectivity index (χ4v) is 1.02. The van der Waals surface area contributed by atoms with Gasteiger partial charge in [-0.3, -0.25) is 0 Å². The number of rotatable bonds is 1. The fraction of sp³-hybridized carbons (Fsp3) is 0.364. The molecule has 0 aliphatic carbocycles. The molecule has 0 atom stereocenters. The van der Waals surface area contributed by atoms with Crippen molar-refractivity contribution < 1.29 is 19.7 Å². The van der Waals surface area contributed by atoms with Crippen LogP contribution in [0.15, 0.2) is 18.2 Å². The molecule has 0 spiro atoms. The zero-order chi connectivity index (χ0) is 11.6. The number of esters is 1. The van der Waals surface area contributed by atoms with Crippen LogP contribution in [0.1, 0.15) is 31.1 Å². The number of phenolic OH excluding ortho intramolecular Hbond substituents is 2. The van der Waals surface area contributed by atoms with Gasteiger partial charge in [-0.1, -0.05) is 0 Å². The van der Waals surface area contributed by atoms with Crippen LogP contribution in [0.3, 0.4) is 0 Å². The van der Waals surface area contributed by atoms with Gasteiger partial charge in [0.15, 0.2) is 0 Å². The molecule has 0 saturated heterocycles. The summed E-state index contributed by atoms with van der Waals surface area (Å²) in [5.74, 6) is -0.952. The smallest absolute Gasteiger partial charge is 0.342 e. The molecule has 0 unspecified atom stereocenters. The molecule has 0 bridgehead atoms. The van der Waals surface area contributed by atoms with E-state index in [2.05, 4.69) is 0 Å². The van der Waals surface area contributed by atoms with Gasteiger partial charge in [0.05, 0.1) is 0 Å². The molecule has 2 N–H and O–H groups in total. The zero-order valence-corrected chi connectivity index (χ0v) is 11.9. The molecule has 0 aromatic heterocycles. The third-order valence-electron chi connectivity index (χ3n) is 1.60. The number of carbonyl (C=O) groups is 1. The Morgan fingerprint density at radius 1 is 1.25 bits per heavy atom. The molecule has 5 heteroatoms. The van der Waals surface area contributed by atoms with Crippen LogP contribution in [0.25, 0.3) is 0 Å². The van der Waals surface area contributed by atoms with E-state index in [4.69, 9.17) is 9.84 Å². The van der Waals surface area contributed by atoms with Crippen LogP contribution in [0.4, 0.5) is 0 Å². The molecule has 0 saturated carbocycles. The van der Waals surface area contributed by atoms with Crippen LogP contribution in [0.2, 0.25) is 0 Å². The molecule has 16 heavy (non-hydrogen) atoms. The van der Waals surface area contributed by atoms with Crippen LogP contribution in [0, 0.1) is 0 Å². The van der Waals surface area contributed by atoms with Crippen LogP contribution in [-0.4, -0.2) is 51.3 Å². The van der Waals surface area contributed by atoms with E-state index in [-0.39, 0.29) is 46.6 Å². The molecular weight excluding hydrogens is 219 g/mol. The van der Waals surface area contributed by atoms with Gasteiger partial charge >= 0.3 is 5.97 Å². The van der Waals surface area contributed by atoms with Crippen LogP contribution < -0.4 is 0 Å². The molecule has 0 aliphatic heterocycles. The van der Waals surface area contributed by atoms with Gasteiger partial charge in [-0.2, -0.15) is 0 Å². The number of hydrogen-bond acceptors (Lipinski definition) is 4. The quantitative estimate of drug-likeness (QED) is 0.440. The Kier molecular flexibility index (Phi) is 5.32. The monoisotopic (exact) mass is 233 g/mol. The number of phenols is 2. The van der Waals surface area contributed by atoms with E-state index in [0.717, 1.165) is 0 Å². The minimum absolute atomic E-state index is 0. The number of benzene rings is 1. The first-order chi connectivity index (χ1) is 6.79. The van der Waals surface area contributed by atoms with Crippen molar-refractivity contribution >= 4 is 35.5 Å². The summed E-state index contributed by atoms with van der Waals surface area (Å²) in [4.78, 5) is 11.5. The molecule has 1 rings (SSSR count). The summed E-state index contributed by atoms with van der Waals surface area (Å²) in [5.41, 5.74) is -0.667. The summed E-state index contributed by atoms with van der Waals surface area (Å²) in [5, 5.41) is 18.6.